The summed E-state index contributed by atoms with van der Waals surface area (Å²) in [5.74, 6) is 0. The molecule has 0 aliphatic rings. The van der Waals surface area contributed by atoms with E-state index < -0.39 is 15.6 Å². The molecule has 0 saturated heterocycles. The highest BCUT2D eigenvalue weighted by molar-refractivity contribution is 14.0. The Hall–Kier alpha value is -1.27. The van der Waals surface area contributed by atoms with Crippen molar-refractivity contribution in [3.63, 3.8) is 0 Å². The van der Waals surface area contributed by atoms with E-state index in [1.165, 1.54) is 22.3 Å². The second-order valence-corrected chi connectivity index (χ2v) is 7.01. The van der Waals surface area contributed by atoms with Gasteiger partial charge in [0.1, 0.15) is 0 Å². The highest BCUT2D eigenvalue weighted by Gasteiger charge is 2.44. The number of hydrogen-bond donors (Lipinski definition) is 1. The smallest absolute Gasteiger partial charge is 0.279 e. The fraction of sp³-hybridized carbons (Fsp3) is 0.412. The largest absolute Gasteiger partial charge is 0.522 e. The summed E-state index contributed by atoms with van der Waals surface area (Å²) < 4.78 is 57.5. The molecule has 0 aliphatic carbocycles. The zero-order chi connectivity index (χ0) is 20.7. The fourth-order valence-electron chi connectivity index (χ4n) is 1.54. The number of alkyl halides is 3. The number of aryl methyl sites for hydroxylation is 4. The lowest BCUT2D eigenvalue weighted by atomic mass is 10.1. The van der Waals surface area contributed by atoms with Crippen molar-refractivity contribution in [2.75, 3.05) is 0 Å². The lowest BCUT2D eigenvalue weighted by molar-refractivity contribution is -0.0510. The fourth-order valence-corrected chi connectivity index (χ4v) is 1.54. The number of nitrogens with zero attached hydrogens (tertiary/aromatic N) is 2. The molecular formula is C17H24F3IN2O3S. The number of hydrogen-bond acceptors (Lipinski definition) is 4. The molecule has 27 heavy (non-hydrogen) atoms. The standard InChI is InChI=1S/2C8H11N.CHF3O3S.HI/c2*1-6-4-5-9-8(3)7(6)2;2-1(3,4)8(5,6)7;/h2*4-5H,1-3H3;(H,5,6,7);1H. The number of pyridine rings is 2. The van der Waals surface area contributed by atoms with Gasteiger partial charge in [0.15, 0.2) is 0 Å². The quantitative estimate of drug-likeness (QED) is 0.300. The second-order valence-electron chi connectivity index (χ2n) is 5.60. The molecule has 0 bridgehead atoms. The summed E-state index contributed by atoms with van der Waals surface area (Å²) in [6.07, 6.45) is 3.69. The Labute approximate surface area is 175 Å². The first-order valence-electron chi connectivity index (χ1n) is 7.49. The lowest BCUT2D eigenvalue weighted by Gasteiger charge is -1.99. The van der Waals surface area contributed by atoms with Crippen molar-refractivity contribution in [3.8, 4) is 0 Å². The van der Waals surface area contributed by atoms with Crippen LogP contribution in [0.15, 0.2) is 24.5 Å². The van der Waals surface area contributed by atoms with Gasteiger partial charge in [0.05, 0.1) is 0 Å². The predicted octanol–water partition coefficient (Wildman–Crippen LogP) is 5.03. The maximum atomic E-state index is 10.7. The summed E-state index contributed by atoms with van der Waals surface area (Å²) in [4.78, 5) is 8.28. The zero-order valence-electron chi connectivity index (χ0n) is 15.9. The molecule has 0 aliphatic heterocycles. The molecule has 1 N–H and O–H groups in total. The molecule has 0 radical (unpaired) electrons. The molecule has 2 rings (SSSR count). The van der Waals surface area contributed by atoms with E-state index in [9.17, 15) is 13.2 Å². The minimum atomic E-state index is -5.84. The van der Waals surface area contributed by atoms with Crippen LogP contribution >= 0.6 is 24.0 Å². The van der Waals surface area contributed by atoms with Crippen LogP contribution in [0.3, 0.4) is 0 Å². The molecule has 154 valence electrons. The van der Waals surface area contributed by atoms with Crippen LogP contribution in [0, 0.1) is 41.5 Å². The third kappa shape index (κ3) is 10.0. The van der Waals surface area contributed by atoms with Gasteiger partial charge in [0, 0.05) is 23.8 Å². The minimum Gasteiger partial charge on any atom is -0.279 e. The first-order valence-corrected chi connectivity index (χ1v) is 8.93. The number of halogens is 4. The molecule has 5 nitrogen and oxygen atoms in total. The van der Waals surface area contributed by atoms with Gasteiger partial charge in [-0.3, -0.25) is 14.5 Å². The Bertz CT molecular complexity index is 752. The van der Waals surface area contributed by atoms with Crippen LogP contribution in [0.25, 0.3) is 0 Å². The minimum absolute atomic E-state index is 0. The van der Waals surface area contributed by atoms with Gasteiger partial charge < -0.3 is 0 Å². The van der Waals surface area contributed by atoms with Crippen molar-refractivity contribution < 1.29 is 26.1 Å². The van der Waals surface area contributed by atoms with Crippen molar-refractivity contribution in [2.45, 2.75) is 47.1 Å². The van der Waals surface area contributed by atoms with Gasteiger partial charge in [-0.15, -0.1) is 24.0 Å². The maximum Gasteiger partial charge on any atom is 0.522 e. The summed E-state index contributed by atoms with van der Waals surface area (Å²) in [5, 5.41) is 0. The summed E-state index contributed by atoms with van der Waals surface area (Å²) >= 11 is 0. The van der Waals surface area contributed by atoms with Gasteiger partial charge in [0.25, 0.3) is 0 Å². The van der Waals surface area contributed by atoms with E-state index in [-0.39, 0.29) is 24.0 Å². The van der Waals surface area contributed by atoms with Gasteiger partial charge in [0.2, 0.25) is 0 Å². The normalized spacial score (nSPS) is 10.6. The van der Waals surface area contributed by atoms with Crippen LogP contribution in [0.5, 0.6) is 0 Å². The van der Waals surface area contributed by atoms with E-state index in [1.54, 1.807) is 0 Å². The van der Waals surface area contributed by atoms with E-state index in [0.717, 1.165) is 11.4 Å². The Kier molecular flexibility index (Phi) is 11.9. The summed E-state index contributed by atoms with van der Waals surface area (Å²) in [6, 6.07) is 4.06. The van der Waals surface area contributed by atoms with Crippen molar-refractivity contribution in [1.29, 1.82) is 0 Å². The Morgan fingerprint density at radius 1 is 0.815 bits per heavy atom. The molecule has 0 atom stereocenters. The van der Waals surface area contributed by atoms with E-state index in [2.05, 4.69) is 37.7 Å². The van der Waals surface area contributed by atoms with Crippen LogP contribution < -0.4 is 0 Å². The topological polar surface area (TPSA) is 80.2 Å². The van der Waals surface area contributed by atoms with Crippen LogP contribution in [0.2, 0.25) is 0 Å². The SMILES string of the molecule is Cc1ccnc(C)c1C.Cc1ccnc(C)c1C.I.O=S(=O)(O)C(F)(F)F. The van der Waals surface area contributed by atoms with Crippen molar-refractivity contribution in [3.05, 3.63) is 58.2 Å². The van der Waals surface area contributed by atoms with Gasteiger partial charge in [-0.1, -0.05) is 0 Å². The van der Waals surface area contributed by atoms with Gasteiger partial charge in [-0.2, -0.15) is 21.6 Å². The second kappa shape index (κ2) is 11.5. The average molecular weight is 520 g/mol. The summed E-state index contributed by atoms with van der Waals surface area (Å²) in [5.41, 5.74) is 1.98. The molecule has 2 aromatic rings. The Morgan fingerprint density at radius 2 is 1.07 bits per heavy atom. The van der Waals surface area contributed by atoms with Crippen LogP contribution in [0.4, 0.5) is 13.2 Å². The number of rotatable bonds is 0. The molecule has 0 aromatic carbocycles. The van der Waals surface area contributed by atoms with E-state index >= 15 is 0 Å². The Balaban J connectivity index is 0. The number of aromatic nitrogens is 2. The third-order valence-corrected chi connectivity index (χ3v) is 4.33. The zero-order valence-corrected chi connectivity index (χ0v) is 19.1. The van der Waals surface area contributed by atoms with Gasteiger partial charge >= 0.3 is 15.6 Å². The molecule has 10 heteroatoms. The van der Waals surface area contributed by atoms with Crippen LogP contribution in [-0.2, 0) is 10.1 Å². The highest BCUT2D eigenvalue weighted by atomic mass is 127. The van der Waals surface area contributed by atoms with E-state index in [0.29, 0.717) is 0 Å². The predicted molar refractivity (Wildman–Crippen MR) is 110 cm³/mol. The summed E-state index contributed by atoms with van der Waals surface area (Å²) in [7, 11) is -5.84. The van der Waals surface area contributed by atoms with Crippen LogP contribution in [-0.4, -0.2) is 28.4 Å². The average Bonchev–Trinajstić information content (AvgIpc) is 2.49. The van der Waals surface area contributed by atoms with Crippen molar-refractivity contribution >= 4 is 34.1 Å². The monoisotopic (exact) mass is 520 g/mol. The highest BCUT2D eigenvalue weighted by Crippen LogP contribution is 2.20. The molecule has 2 aromatic heterocycles. The van der Waals surface area contributed by atoms with E-state index in [4.69, 9.17) is 13.0 Å². The van der Waals surface area contributed by atoms with E-state index in [1.807, 2.05) is 38.4 Å². The van der Waals surface area contributed by atoms with Gasteiger partial charge in [-0.05, 0) is 75.9 Å². The third-order valence-electron chi connectivity index (χ3n) is 3.75. The van der Waals surface area contributed by atoms with Crippen molar-refractivity contribution in [1.82, 2.24) is 9.97 Å². The first-order chi connectivity index (χ1) is 11.7. The summed E-state index contributed by atoms with van der Waals surface area (Å²) in [6.45, 7) is 12.5. The maximum absolute atomic E-state index is 10.7. The molecule has 0 fully saturated rings. The lowest BCUT2D eigenvalue weighted by Crippen LogP contribution is -2.21. The molecule has 2 heterocycles. The first kappa shape index (κ1) is 27.9. The Morgan fingerprint density at radius 3 is 1.22 bits per heavy atom. The molecule has 0 spiro atoms. The molecular weight excluding hydrogens is 496 g/mol. The van der Waals surface area contributed by atoms with Crippen LogP contribution in [0.1, 0.15) is 33.6 Å². The van der Waals surface area contributed by atoms with Gasteiger partial charge in [-0.25, -0.2) is 0 Å². The van der Waals surface area contributed by atoms with Crippen molar-refractivity contribution in [2.24, 2.45) is 0 Å². The molecule has 0 unspecified atom stereocenters. The molecule has 0 amide bonds. The molecule has 0 saturated carbocycles.